The van der Waals surface area contributed by atoms with Crippen molar-refractivity contribution in [1.82, 2.24) is 0 Å². The summed E-state index contributed by atoms with van der Waals surface area (Å²) in [6, 6.07) is 6.85. The molecule has 4 heteroatoms. The van der Waals surface area contributed by atoms with Gasteiger partial charge in [-0.15, -0.1) is 0 Å². The monoisotopic (exact) mass is 390 g/mol. The molecule has 2 unspecified atom stereocenters. The minimum atomic E-state index is -0.299. The van der Waals surface area contributed by atoms with E-state index in [1.54, 1.807) is 37.3 Å². The van der Waals surface area contributed by atoms with Crippen LogP contribution in [0.25, 0.3) is 0 Å². The van der Waals surface area contributed by atoms with Crippen LogP contribution in [-0.4, -0.2) is 24.3 Å². The summed E-state index contributed by atoms with van der Waals surface area (Å²) in [6.07, 6.45) is 7.49. The molecule has 0 bridgehead atoms. The number of carbonyl (C=O) groups excluding carboxylic acids is 1. The van der Waals surface area contributed by atoms with Crippen LogP contribution >= 0.6 is 0 Å². The second kappa shape index (κ2) is 13.4. The van der Waals surface area contributed by atoms with Crippen LogP contribution in [0.1, 0.15) is 77.1 Å². The zero-order valence-corrected chi connectivity index (χ0v) is 18.2. The molecular weight excluding hydrogens is 352 g/mol. The second-order valence-electron chi connectivity index (χ2n) is 8.32. The van der Waals surface area contributed by atoms with Crippen molar-refractivity contribution in [3.63, 3.8) is 0 Å². The highest BCUT2D eigenvalue weighted by Gasteiger charge is 2.10. The van der Waals surface area contributed by atoms with Gasteiger partial charge in [0.15, 0.2) is 0 Å². The number of rotatable bonds is 13. The standard InChI is InChI=1S/C24H38O4/c1-18(2)17-20(4)8-6-7-19(3)14-16-27-24(26)22-9-11-23(12-10-22)28-21(5)13-15-25/h9-13,18-20,25H,6-8,14-17H2,1-5H3/b21-13+. The maximum Gasteiger partial charge on any atom is 0.338 e. The van der Waals surface area contributed by atoms with E-state index in [-0.39, 0.29) is 12.6 Å². The van der Waals surface area contributed by atoms with Gasteiger partial charge in [0.2, 0.25) is 0 Å². The second-order valence-corrected chi connectivity index (χ2v) is 8.32. The first-order chi connectivity index (χ1) is 13.3. The number of carbonyl (C=O) groups is 1. The number of esters is 1. The van der Waals surface area contributed by atoms with Gasteiger partial charge in [-0.3, -0.25) is 0 Å². The lowest BCUT2D eigenvalue weighted by Crippen LogP contribution is -2.09. The summed E-state index contributed by atoms with van der Waals surface area (Å²) in [6.45, 7) is 11.3. The minimum Gasteiger partial charge on any atom is -0.462 e. The molecule has 0 saturated heterocycles. The Morgan fingerprint density at radius 2 is 1.68 bits per heavy atom. The van der Waals surface area contributed by atoms with Crippen LogP contribution in [0.4, 0.5) is 0 Å². The van der Waals surface area contributed by atoms with E-state index in [1.165, 1.54) is 25.7 Å². The number of allylic oxidation sites excluding steroid dienone is 1. The van der Waals surface area contributed by atoms with E-state index in [0.29, 0.717) is 29.6 Å². The Morgan fingerprint density at radius 1 is 1.04 bits per heavy atom. The van der Waals surface area contributed by atoms with Crippen LogP contribution in [0.5, 0.6) is 5.75 Å². The molecule has 4 nitrogen and oxygen atoms in total. The number of aliphatic hydroxyl groups is 1. The summed E-state index contributed by atoms with van der Waals surface area (Å²) in [5.41, 5.74) is 0.520. The van der Waals surface area contributed by atoms with E-state index >= 15 is 0 Å². The lowest BCUT2D eigenvalue weighted by Gasteiger charge is -2.16. The lowest BCUT2D eigenvalue weighted by atomic mass is 9.91. The van der Waals surface area contributed by atoms with Gasteiger partial charge in [-0.1, -0.05) is 47.0 Å². The average molecular weight is 391 g/mol. The Hall–Kier alpha value is -1.81. The Balaban J connectivity index is 2.27. The van der Waals surface area contributed by atoms with Gasteiger partial charge >= 0.3 is 5.97 Å². The van der Waals surface area contributed by atoms with Crippen LogP contribution in [0, 0.1) is 17.8 Å². The molecule has 0 saturated carbocycles. The molecule has 1 N–H and O–H groups in total. The predicted octanol–water partition coefficient (Wildman–Crippen LogP) is 6.00. The fourth-order valence-corrected chi connectivity index (χ4v) is 3.33. The number of hydrogen-bond acceptors (Lipinski definition) is 4. The molecule has 1 rings (SSSR count). The van der Waals surface area contributed by atoms with Gasteiger partial charge < -0.3 is 14.6 Å². The lowest BCUT2D eigenvalue weighted by molar-refractivity contribution is 0.0483. The van der Waals surface area contributed by atoms with Gasteiger partial charge in [0.25, 0.3) is 0 Å². The smallest absolute Gasteiger partial charge is 0.338 e. The highest BCUT2D eigenvalue weighted by molar-refractivity contribution is 5.89. The molecule has 0 amide bonds. The van der Waals surface area contributed by atoms with Crippen molar-refractivity contribution < 1.29 is 19.4 Å². The molecule has 158 valence electrons. The van der Waals surface area contributed by atoms with E-state index in [9.17, 15) is 4.79 Å². The first-order valence-corrected chi connectivity index (χ1v) is 10.5. The van der Waals surface area contributed by atoms with Gasteiger partial charge in [-0.25, -0.2) is 4.79 Å². The van der Waals surface area contributed by atoms with Crippen molar-refractivity contribution in [2.45, 2.75) is 66.7 Å². The molecule has 1 aromatic rings. The van der Waals surface area contributed by atoms with Crippen molar-refractivity contribution in [1.29, 1.82) is 0 Å². The van der Waals surface area contributed by atoms with Crippen LogP contribution in [0.3, 0.4) is 0 Å². The van der Waals surface area contributed by atoms with Crippen LogP contribution < -0.4 is 4.74 Å². The number of benzene rings is 1. The van der Waals surface area contributed by atoms with E-state index in [1.807, 2.05) is 0 Å². The van der Waals surface area contributed by atoms with Crippen molar-refractivity contribution in [2.24, 2.45) is 17.8 Å². The van der Waals surface area contributed by atoms with E-state index in [0.717, 1.165) is 18.3 Å². The molecule has 0 aliphatic rings. The van der Waals surface area contributed by atoms with Crippen molar-refractivity contribution in [3.05, 3.63) is 41.7 Å². The van der Waals surface area contributed by atoms with Gasteiger partial charge in [0.1, 0.15) is 5.75 Å². The summed E-state index contributed by atoms with van der Waals surface area (Å²) in [4.78, 5) is 12.2. The summed E-state index contributed by atoms with van der Waals surface area (Å²) in [5.74, 6) is 3.07. The van der Waals surface area contributed by atoms with Gasteiger partial charge in [-0.05, 0) is 67.9 Å². The Morgan fingerprint density at radius 3 is 2.29 bits per heavy atom. The molecule has 0 fully saturated rings. The van der Waals surface area contributed by atoms with Crippen molar-refractivity contribution in [3.8, 4) is 5.75 Å². The Bertz CT molecular complexity index is 589. The zero-order chi connectivity index (χ0) is 20.9. The van der Waals surface area contributed by atoms with Crippen LogP contribution in [0.2, 0.25) is 0 Å². The Labute approximate surface area is 170 Å². The van der Waals surface area contributed by atoms with E-state index < -0.39 is 0 Å². The highest BCUT2D eigenvalue weighted by Crippen LogP contribution is 2.20. The summed E-state index contributed by atoms with van der Waals surface area (Å²) in [7, 11) is 0. The molecule has 0 radical (unpaired) electrons. The normalized spacial score (nSPS) is 14.0. The summed E-state index contributed by atoms with van der Waals surface area (Å²) >= 11 is 0. The maximum atomic E-state index is 12.2. The summed E-state index contributed by atoms with van der Waals surface area (Å²) < 4.78 is 10.9. The molecule has 0 aromatic heterocycles. The first kappa shape index (κ1) is 24.2. The molecule has 0 aliphatic heterocycles. The van der Waals surface area contributed by atoms with Gasteiger partial charge in [0, 0.05) is 0 Å². The predicted molar refractivity (Wildman–Crippen MR) is 114 cm³/mol. The largest absolute Gasteiger partial charge is 0.462 e. The third-order valence-electron chi connectivity index (χ3n) is 4.86. The SMILES string of the molecule is C/C(=C\CO)Oc1ccc(C(=O)OCCC(C)CCCC(C)CC(C)C)cc1. The fourth-order valence-electron chi connectivity index (χ4n) is 3.33. The van der Waals surface area contributed by atoms with Crippen molar-refractivity contribution >= 4 is 5.97 Å². The average Bonchev–Trinajstić information content (AvgIpc) is 2.61. The van der Waals surface area contributed by atoms with Crippen LogP contribution in [-0.2, 0) is 4.74 Å². The maximum absolute atomic E-state index is 12.2. The molecule has 2 atom stereocenters. The first-order valence-electron chi connectivity index (χ1n) is 10.5. The molecule has 0 aliphatic carbocycles. The molecule has 1 aromatic carbocycles. The molecule has 28 heavy (non-hydrogen) atoms. The fraction of sp³-hybridized carbons (Fsp3) is 0.625. The zero-order valence-electron chi connectivity index (χ0n) is 18.2. The quantitative estimate of drug-likeness (QED) is 0.332. The minimum absolute atomic E-state index is 0.0639. The van der Waals surface area contributed by atoms with Gasteiger partial charge in [-0.2, -0.15) is 0 Å². The third kappa shape index (κ3) is 10.5. The molecule has 0 heterocycles. The third-order valence-corrected chi connectivity index (χ3v) is 4.86. The summed E-state index contributed by atoms with van der Waals surface area (Å²) in [5, 5.41) is 8.84. The number of ether oxygens (including phenoxy) is 2. The molecular formula is C24H38O4. The Kier molecular flexibility index (Phi) is 11.6. The van der Waals surface area contributed by atoms with E-state index in [4.69, 9.17) is 14.6 Å². The number of aliphatic hydroxyl groups excluding tert-OH is 1. The highest BCUT2D eigenvalue weighted by atomic mass is 16.5. The number of hydrogen-bond donors (Lipinski definition) is 1. The van der Waals surface area contributed by atoms with Gasteiger partial charge in [0.05, 0.1) is 24.5 Å². The van der Waals surface area contributed by atoms with E-state index in [2.05, 4.69) is 27.7 Å². The topological polar surface area (TPSA) is 55.8 Å². The molecule has 0 spiro atoms. The van der Waals surface area contributed by atoms with Crippen molar-refractivity contribution in [2.75, 3.05) is 13.2 Å². The van der Waals surface area contributed by atoms with Crippen LogP contribution in [0.15, 0.2) is 36.1 Å².